The Morgan fingerprint density at radius 2 is 2.00 bits per heavy atom. The Kier molecular flexibility index (Phi) is 6.30. The number of nitrogens with two attached hydrogens (primary N) is 1. The van der Waals surface area contributed by atoms with Crippen LogP contribution >= 0.6 is 28.3 Å². The summed E-state index contributed by atoms with van der Waals surface area (Å²) in [5.74, 6) is 0.0415. The highest BCUT2D eigenvalue weighted by Crippen LogP contribution is 2.34. The molecule has 16 heavy (non-hydrogen) atoms. The molecule has 0 aliphatic rings. The van der Waals surface area contributed by atoms with Crippen LogP contribution in [0.2, 0.25) is 0 Å². The van der Waals surface area contributed by atoms with Gasteiger partial charge in [0.2, 0.25) is 0 Å². The van der Waals surface area contributed by atoms with E-state index in [9.17, 15) is 9.50 Å². The zero-order chi connectivity index (χ0) is 11.6. The van der Waals surface area contributed by atoms with Crippen LogP contribution in [0.25, 0.3) is 0 Å². The fourth-order valence-corrected chi connectivity index (χ4v) is 1.95. The van der Waals surface area contributed by atoms with Gasteiger partial charge in [-0.3, -0.25) is 0 Å². The third kappa shape index (κ3) is 3.92. The first-order chi connectivity index (χ1) is 6.91. The lowest BCUT2D eigenvalue weighted by Gasteiger charge is -2.16. The Hall–Kier alpha value is -0.320. The molecule has 0 unspecified atom stereocenters. The molecule has 5 heteroatoms. The lowest BCUT2D eigenvalue weighted by Crippen LogP contribution is -2.13. The van der Waals surface area contributed by atoms with Gasteiger partial charge in [-0.2, -0.15) is 0 Å². The van der Waals surface area contributed by atoms with Gasteiger partial charge in [0.05, 0.1) is 4.47 Å². The molecule has 1 rings (SSSR count). The van der Waals surface area contributed by atoms with Gasteiger partial charge in [-0.1, -0.05) is 13.8 Å². The van der Waals surface area contributed by atoms with E-state index in [1.807, 2.05) is 13.8 Å². The smallest absolute Gasteiger partial charge is 0.134 e. The monoisotopic (exact) mass is 311 g/mol. The fourth-order valence-electron chi connectivity index (χ4n) is 1.50. The molecule has 0 aromatic heterocycles. The Balaban J connectivity index is 0.00000225. The summed E-state index contributed by atoms with van der Waals surface area (Å²) in [6, 6.07) is 2.17. The van der Waals surface area contributed by atoms with Crippen LogP contribution in [0.4, 0.5) is 4.39 Å². The second-order valence-electron chi connectivity index (χ2n) is 4.06. The predicted octanol–water partition coefficient (Wildman–Crippen LogP) is 3.76. The molecule has 92 valence electrons. The van der Waals surface area contributed by atoms with Crippen molar-refractivity contribution in [3.8, 4) is 5.75 Å². The highest BCUT2D eigenvalue weighted by molar-refractivity contribution is 9.10. The molecule has 0 radical (unpaired) electrons. The summed E-state index contributed by atoms with van der Waals surface area (Å²) in [4.78, 5) is 0. The Morgan fingerprint density at radius 3 is 2.50 bits per heavy atom. The second kappa shape index (κ2) is 6.42. The van der Waals surface area contributed by atoms with Crippen LogP contribution in [0, 0.1) is 11.7 Å². The highest BCUT2D eigenvalue weighted by atomic mass is 79.9. The fraction of sp³-hybridized carbons (Fsp3) is 0.455. The van der Waals surface area contributed by atoms with Crippen molar-refractivity contribution in [3.63, 3.8) is 0 Å². The number of aromatic hydroxyl groups is 1. The summed E-state index contributed by atoms with van der Waals surface area (Å²) in [6.07, 6.45) is 0.712. The van der Waals surface area contributed by atoms with Crippen LogP contribution in [-0.2, 0) is 0 Å². The van der Waals surface area contributed by atoms with E-state index in [1.54, 1.807) is 0 Å². The molecule has 0 amide bonds. The van der Waals surface area contributed by atoms with E-state index in [2.05, 4.69) is 15.9 Å². The molecule has 0 saturated carbocycles. The molecule has 0 aliphatic carbocycles. The van der Waals surface area contributed by atoms with Crippen LogP contribution in [0.15, 0.2) is 16.6 Å². The van der Waals surface area contributed by atoms with E-state index in [0.29, 0.717) is 22.4 Å². The number of phenolic OH excluding ortho intramolecular Hbond substituents is 1. The minimum atomic E-state index is -0.395. The number of hydrogen-bond acceptors (Lipinski definition) is 2. The Bertz CT molecular complexity index is 360. The molecule has 0 saturated heterocycles. The van der Waals surface area contributed by atoms with Crippen LogP contribution in [-0.4, -0.2) is 5.11 Å². The molecule has 2 nitrogen and oxygen atoms in total. The maximum absolute atomic E-state index is 13.1. The van der Waals surface area contributed by atoms with E-state index in [1.165, 1.54) is 12.1 Å². The minimum Gasteiger partial charge on any atom is -0.506 e. The van der Waals surface area contributed by atoms with Crippen LogP contribution in [0.1, 0.15) is 31.9 Å². The number of halogens is 3. The van der Waals surface area contributed by atoms with E-state index in [-0.39, 0.29) is 24.2 Å². The van der Waals surface area contributed by atoms with E-state index in [4.69, 9.17) is 5.73 Å². The molecule has 0 heterocycles. The van der Waals surface area contributed by atoms with E-state index >= 15 is 0 Å². The zero-order valence-electron chi connectivity index (χ0n) is 9.21. The highest BCUT2D eigenvalue weighted by Gasteiger charge is 2.16. The van der Waals surface area contributed by atoms with Gasteiger partial charge in [0.1, 0.15) is 11.6 Å². The second-order valence-corrected chi connectivity index (χ2v) is 4.92. The maximum Gasteiger partial charge on any atom is 0.134 e. The minimum absolute atomic E-state index is 0. The number of rotatable bonds is 3. The van der Waals surface area contributed by atoms with Gasteiger partial charge in [0, 0.05) is 11.6 Å². The lowest BCUT2D eigenvalue weighted by atomic mass is 9.97. The molecule has 1 aromatic carbocycles. The summed E-state index contributed by atoms with van der Waals surface area (Å²) in [5.41, 5.74) is 6.34. The summed E-state index contributed by atoms with van der Waals surface area (Å²) in [6.45, 7) is 4.07. The third-order valence-electron chi connectivity index (χ3n) is 2.18. The van der Waals surface area contributed by atoms with Gasteiger partial charge in [-0.05, 0) is 40.4 Å². The normalized spacial score (nSPS) is 12.4. The van der Waals surface area contributed by atoms with Crippen molar-refractivity contribution in [1.29, 1.82) is 0 Å². The predicted molar refractivity (Wildman–Crippen MR) is 69.4 cm³/mol. The van der Waals surface area contributed by atoms with Crippen molar-refractivity contribution >= 4 is 28.3 Å². The molecular weight excluding hydrogens is 296 g/mol. The standard InChI is InChI=1S/C11H15BrFNO.ClH/c1-6(2)3-10(14)8-4-7(13)5-9(12)11(8)15;/h4-6,10,15H,3,14H2,1-2H3;1H/t10-;/m0./s1. The number of benzene rings is 1. The summed E-state index contributed by atoms with van der Waals surface area (Å²) < 4.78 is 13.5. The van der Waals surface area contributed by atoms with Gasteiger partial charge < -0.3 is 10.8 Å². The molecule has 0 aliphatic heterocycles. The summed E-state index contributed by atoms with van der Waals surface area (Å²) in [7, 11) is 0. The van der Waals surface area contributed by atoms with E-state index < -0.39 is 5.82 Å². The van der Waals surface area contributed by atoms with Crippen molar-refractivity contribution in [2.75, 3.05) is 0 Å². The molecule has 1 atom stereocenters. The molecule has 0 spiro atoms. The number of hydrogen-bond donors (Lipinski definition) is 2. The first-order valence-corrected chi connectivity index (χ1v) is 5.64. The molecule has 1 aromatic rings. The largest absolute Gasteiger partial charge is 0.506 e. The Labute approximate surface area is 110 Å². The average Bonchev–Trinajstić information content (AvgIpc) is 2.09. The van der Waals surface area contributed by atoms with Gasteiger partial charge in [-0.25, -0.2) is 4.39 Å². The molecular formula is C11H16BrClFNO. The van der Waals surface area contributed by atoms with Crippen molar-refractivity contribution < 1.29 is 9.50 Å². The van der Waals surface area contributed by atoms with E-state index in [0.717, 1.165) is 0 Å². The van der Waals surface area contributed by atoms with Gasteiger partial charge >= 0.3 is 0 Å². The van der Waals surface area contributed by atoms with Gasteiger partial charge in [0.15, 0.2) is 0 Å². The quantitative estimate of drug-likeness (QED) is 0.892. The molecule has 3 N–H and O–H groups in total. The SMILES string of the molecule is CC(C)C[C@H](N)c1cc(F)cc(Br)c1O.Cl. The number of phenols is 1. The van der Waals surface area contributed by atoms with Crippen LogP contribution in [0.3, 0.4) is 0 Å². The Morgan fingerprint density at radius 1 is 1.44 bits per heavy atom. The lowest BCUT2D eigenvalue weighted by molar-refractivity contribution is 0.439. The van der Waals surface area contributed by atoms with Crippen LogP contribution < -0.4 is 5.73 Å². The van der Waals surface area contributed by atoms with Gasteiger partial charge in [0.25, 0.3) is 0 Å². The average molecular weight is 313 g/mol. The van der Waals surface area contributed by atoms with Crippen molar-refractivity contribution in [3.05, 3.63) is 28.0 Å². The first-order valence-electron chi connectivity index (χ1n) is 4.85. The zero-order valence-corrected chi connectivity index (χ0v) is 11.6. The molecule has 0 fully saturated rings. The molecule has 0 bridgehead atoms. The van der Waals surface area contributed by atoms with Crippen molar-refractivity contribution in [2.45, 2.75) is 26.3 Å². The van der Waals surface area contributed by atoms with Crippen LogP contribution in [0.5, 0.6) is 5.75 Å². The maximum atomic E-state index is 13.1. The summed E-state index contributed by atoms with van der Waals surface area (Å²) >= 11 is 3.09. The summed E-state index contributed by atoms with van der Waals surface area (Å²) in [5, 5.41) is 9.71. The third-order valence-corrected chi connectivity index (χ3v) is 2.79. The topological polar surface area (TPSA) is 46.2 Å². The first kappa shape index (κ1) is 15.7. The van der Waals surface area contributed by atoms with Crippen molar-refractivity contribution in [1.82, 2.24) is 0 Å². The van der Waals surface area contributed by atoms with Gasteiger partial charge in [-0.15, -0.1) is 12.4 Å². The van der Waals surface area contributed by atoms with Crippen molar-refractivity contribution in [2.24, 2.45) is 11.7 Å².